The highest BCUT2D eigenvalue weighted by Gasteiger charge is 2.32. The van der Waals surface area contributed by atoms with Crippen LogP contribution in [0.25, 0.3) is 0 Å². The van der Waals surface area contributed by atoms with Crippen LogP contribution in [0, 0.1) is 0 Å². The van der Waals surface area contributed by atoms with Gasteiger partial charge in [-0.3, -0.25) is 4.90 Å². The van der Waals surface area contributed by atoms with Crippen LogP contribution in [0.4, 0.5) is 0 Å². The Morgan fingerprint density at radius 1 is 1.05 bits per heavy atom. The second kappa shape index (κ2) is 6.54. The molecule has 3 rings (SSSR count). The lowest BCUT2D eigenvalue weighted by molar-refractivity contribution is 0.111. The molecule has 0 spiro atoms. The zero-order chi connectivity index (χ0) is 14.9. The van der Waals surface area contributed by atoms with Gasteiger partial charge in [0.15, 0.2) is 0 Å². The van der Waals surface area contributed by atoms with Crippen LogP contribution in [0.3, 0.4) is 0 Å². The number of piperazine rings is 1. The highest BCUT2D eigenvalue weighted by Crippen LogP contribution is 2.29. The standard InChI is InChI=1S/C14H21ClN2O2S2/c15-13-6-7-14(20-13)21(18,19)17-10-8-16(9-11-17)12-4-2-1-3-5-12/h6-7,12H,1-5,8-11H2. The topological polar surface area (TPSA) is 40.6 Å². The highest BCUT2D eigenvalue weighted by atomic mass is 35.5. The molecule has 1 aromatic rings. The molecule has 2 fully saturated rings. The van der Waals surface area contributed by atoms with Crippen molar-refractivity contribution in [3.05, 3.63) is 16.5 Å². The lowest BCUT2D eigenvalue weighted by atomic mass is 9.94. The number of thiophene rings is 1. The van der Waals surface area contributed by atoms with E-state index in [0.29, 0.717) is 27.7 Å². The predicted molar refractivity (Wildman–Crippen MR) is 86.5 cm³/mol. The Balaban J connectivity index is 1.62. The van der Waals surface area contributed by atoms with Gasteiger partial charge in [0.25, 0.3) is 10.0 Å². The molecule has 21 heavy (non-hydrogen) atoms. The van der Waals surface area contributed by atoms with Crippen LogP contribution in [0.2, 0.25) is 4.34 Å². The van der Waals surface area contributed by atoms with Crippen molar-refractivity contribution in [2.75, 3.05) is 26.2 Å². The van der Waals surface area contributed by atoms with Crippen LogP contribution in [0.1, 0.15) is 32.1 Å². The van der Waals surface area contributed by atoms with Crippen molar-refractivity contribution in [1.29, 1.82) is 0 Å². The zero-order valence-corrected chi connectivity index (χ0v) is 14.4. The van der Waals surface area contributed by atoms with Crippen molar-refractivity contribution in [3.63, 3.8) is 0 Å². The third kappa shape index (κ3) is 3.45. The van der Waals surface area contributed by atoms with Gasteiger partial charge in [0, 0.05) is 32.2 Å². The molecule has 0 atom stereocenters. The van der Waals surface area contributed by atoms with Gasteiger partial charge in [0.05, 0.1) is 4.34 Å². The quantitative estimate of drug-likeness (QED) is 0.843. The Hall–Kier alpha value is -0.140. The van der Waals surface area contributed by atoms with E-state index in [1.807, 2.05) is 0 Å². The average molecular weight is 349 g/mol. The van der Waals surface area contributed by atoms with Crippen LogP contribution < -0.4 is 0 Å². The van der Waals surface area contributed by atoms with E-state index >= 15 is 0 Å². The van der Waals surface area contributed by atoms with Gasteiger partial charge in [0.2, 0.25) is 0 Å². The van der Waals surface area contributed by atoms with Crippen molar-refractivity contribution in [1.82, 2.24) is 9.21 Å². The molecule has 2 heterocycles. The monoisotopic (exact) mass is 348 g/mol. The van der Waals surface area contributed by atoms with Gasteiger partial charge in [-0.05, 0) is 25.0 Å². The first-order chi connectivity index (χ1) is 10.1. The van der Waals surface area contributed by atoms with Gasteiger partial charge in [0.1, 0.15) is 4.21 Å². The number of sulfonamides is 1. The fourth-order valence-electron chi connectivity index (χ4n) is 3.32. The molecule has 1 saturated carbocycles. The van der Waals surface area contributed by atoms with E-state index in [0.717, 1.165) is 24.4 Å². The van der Waals surface area contributed by atoms with E-state index in [-0.39, 0.29) is 0 Å². The SMILES string of the molecule is O=S(=O)(c1ccc(Cl)s1)N1CCN(C2CCCCC2)CC1. The Morgan fingerprint density at radius 3 is 2.29 bits per heavy atom. The molecule has 1 aliphatic heterocycles. The van der Waals surface area contributed by atoms with Gasteiger partial charge in [-0.2, -0.15) is 4.31 Å². The largest absolute Gasteiger partial charge is 0.298 e. The third-order valence-electron chi connectivity index (χ3n) is 4.51. The molecule has 1 aromatic heterocycles. The normalized spacial score (nSPS) is 23.5. The summed E-state index contributed by atoms with van der Waals surface area (Å²) in [5.74, 6) is 0. The average Bonchev–Trinajstić information content (AvgIpc) is 2.96. The first-order valence-corrected chi connectivity index (χ1v) is 10.2. The Morgan fingerprint density at radius 2 is 1.71 bits per heavy atom. The molecule has 4 nitrogen and oxygen atoms in total. The van der Waals surface area contributed by atoms with E-state index in [2.05, 4.69) is 4.90 Å². The van der Waals surface area contributed by atoms with Crippen LogP contribution >= 0.6 is 22.9 Å². The summed E-state index contributed by atoms with van der Waals surface area (Å²) in [5.41, 5.74) is 0. The number of hydrogen-bond donors (Lipinski definition) is 0. The maximum absolute atomic E-state index is 12.5. The fraction of sp³-hybridized carbons (Fsp3) is 0.714. The molecular formula is C14H21ClN2O2S2. The summed E-state index contributed by atoms with van der Waals surface area (Å²) in [6, 6.07) is 3.92. The van der Waals surface area contributed by atoms with Gasteiger partial charge >= 0.3 is 0 Å². The molecule has 0 aromatic carbocycles. The highest BCUT2D eigenvalue weighted by molar-refractivity contribution is 7.91. The molecule has 118 valence electrons. The summed E-state index contributed by atoms with van der Waals surface area (Å²) in [5, 5.41) is 0. The molecular weight excluding hydrogens is 328 g/mol. The predicted octanol–water partition coefficient (Wildman–Crippen LogP) is 3.04. The third-order valence-corrected chi connectivity index (χ3v) is 8.10. The summed E-state index contributed by atoms with van der Waals surface area (Å²) in [7, 11) is -3.35. The van der Waals surface area contributed by atoms with Gasteiger partial charge in [-0.25, -0.2) is 8.42 Å². The zero-order valence-electron chi connectivity index (χ0n) is 12.0. The van der Waals surface area contributed by atoms with E-state index in [1.54, 1.807) is 16.4 Å². The molecule has 0 radical (unpaired) electrons. The van der Waals surface area contributed by atoms with Crippen LogP contribution in [0.5, 0.6) is 0 Å². The minimum absolute atomic E-state index is 0.360. The van der Waals surface area contributed by atoms with Crippen LogP contribution in [-0.4, -0.2) is 49.8 Å². The maximum Gasteiger partial charge on any atom is 0.252 e. The number of nitrogens with zero attached hydrogens (tertiary/aromatic N) is 2. The summed E-state index contributed by atoms with van der Waals surface area (Å²) in [4.78, 5) is 2.48. The lowest BCUT2D eigenvalue weighted by Gasteiger charge is -2.40. The Bertz CT molecular complexity index is 574. The number of hydrogen-bond acceptors (Lipinski definition) is 4. The molecule has 1 saturated heterocycles. The van der Waals surface area contributed by atoms with Crippen LogP contribution in [-0.2, 0) is 10.0 Å². The van der Waals surface area contributed by atoms with Gasteiger partial charge in [-0.15, -0.1) is 11.3 Å². The first kappa shape index (κ1) is 15.7. The smallest absolute Gasteiger partial charge is 0.252 e. The van der Waals surface area contributed by atoms with Crippen molar-refractivity contribution >= 4 is 33.0 Å². The Kier molecular flexibility index (Phi) is 4.90. The molecule has 1 aliphatic carbocycles. The van der Waals surface area contributed by atoms with E-state index in [4.69, 9.17) is 11.6 Å². The number of halogens is 1. The molecule has 7 heteroatoms. The van der Waals surface area contributed by atoms with Crippen LogP contribution in [0.15, 0.2) is 16.3 Å². The number of rotatable bonds is 3. The summed E-state index contributed by atoms with van der Waals surface area (Å²) < 4.78 is 27.6. The van der Waals surface area contributed by atoms with Crippen molar-refractivity contribution in [2.45, 2.75) is 42.4 Å². The summed E-state index contributed by atoms with van der Waals surface area (Å²) in [6.45, 7) is 2.88. The van der Waals surface area contributed by atoms with Crippen molar-refractivity contribution in [3.8, 4) is 0 Å². The van der Waals surface area contributed by atoms with Crippen molar-refractivity contribution < 1.29 is 8.42 Å². The first-order valence-electron chi connectivity index (χ1n) is 7.57. The minimum Gasteiger partial charge on any atom is -0.298 e. The Labute approximate surface area is 135 Å². The summed E-state index contributed by atoms with van der Waals surface area (Å²) >= 11 is 7.00. The molecule has 0 N–H and O–H groups in total. The van der Waals surface area contributed by atoms with E-state index < -0.39 is 10.0 Å². The summed E-state index contributed by atoms with van der Waals surface area (Å²) in [6.07, 6.45) is 6.53. The van der Waals surface area contributed by atoms with Gasteiger partial charge < -0.3 is 0 Å². The second-order valence-corrected chi connectivity index (χ2v) is 9.67. The van der Waals surface area contributed by atoms with E-state index in [1.165, 1.54) is 32.1 Å². The van der Waals surface area contributed by atoms with E-state index in [9.17, 15) is 8.42 Å². The molecule has 0 unspecified atom stereocenters. The fourth-order valence-corrected chi connectivity index (χ4v) is 6.38. The van der Waals surface area contributed by atoms with Crippen molar-refractivity contribution in [2.24, 2.45) is 0 Å². The minimum atomic E-state index is -3.35. The second-order valence-electron chi connectivity index (χ2n) is 5.79. The molecule has 0 bridgehead atoms. The molecule has 2 aliphatic rings. The lowest BCUT2D eigenvalue weighted by Crippen LogP contribution is -2.52. The molecule has 0 amide bonds. The maximum atomic E-state index is 12.5. The van der Waals surface area contributed by atoms with Gasteiger partial charge in [-0.1, -0.05) is 30.9 Å².